The van der Waals surface area contributed by atoms with Gasteiger partial charge >= 0.3 is 0 Å². The van der Waals surface area contributed by atoms with Gasteiger partial charge in [0, 0.05) is 10.9 Å². The van der Waals surface area contributed by atoms with E-state index in [1.54, 1.807) is 13.8 Å². The van der Waals surface area contributed by atoms with Crippen LogP contribution in [0.15, 0.2) is 29.6 Å². The molecule has 1 heterocycles. The smallest absolute Gasteiger partial charge is 0.152 e. The standard InChI is InChI=1S/C21H30N2O2S2/c1-16(2)27(24,25)15-19-8-6-17(7-9-19)4-3-5-18-10-12-20(13-11-18)21-14-26-23-22-21/h10-14,16-17,19H,3-9,15H2,1-2H3. The van der Waals surface area contributed by atoms with Crippen molar-refractivity contribution in [2.75, 3.05) is 5.75 Å². The summed E-state index contributed by atoms with van der Waals surface area (Å²) < 4.78 is 28.1. The number of rotatable bonds is 8. The van der Waals surface area contributed by atoms with Crippen LogP contribution in [0.25, 0.3) is 11.3 Å². The third-order valence-corrected chi connectivity index (χ3v) is 8.72. The molecule has 148 valence electrons. The second-order valence-electron chi connectivity index (χ2n) is 8.14. The summed E-state index contributed by atoms with van der Waals surface area (Å²) in [5.74, 6) is 1.53. The summed E-state index contributed by atoms with van der Waals surface area (Å²) in [6.45, 7) is 3.59. The molecule has 0 atom stereocenters. The van der Waals surface area contributed by atoms with Gasteiger partial charge in [0.2, 0.25) is 0 Å². The fourth-order valence-electron chi connectivity index (χ4n) is 3.94. The zero-order chi connectivity index (χ0) is 19.3. The molecule has 1 saturated carbocycles. The Hall–Kier alpha value is -1.27. The van der Waals surface area contributed by atoms with Crippen molar-refractivity contribution in [3.8, 4) is 11.3 Å². The van der Waals surface area contributed by atoms with Crippen LogP contribution in [-0.2, 0) is 16.3 Å². The number of hydrogen-bond donors (Lipinski definition) is 0. The Bertz CT molecular complexity index is 791. The molecule has 4 nitrogen and oxygen atoms in total. The molecule has 3 rings (SSSR count). The van der Waals surface area contributed by atoms with Crippen molar-refractivity contribution >= 4 is 21.4 Å². The molecule has 1 fully saturated rings. The molecule has 0 saturated heterocycles. The molecule has 2 aromatic rings. The number of aryl methyl sites for hydroxylation is 1. The zero-order valence-corrected chi connectivity index (χ0v) is 17.9. The van der Waals surface area contributed by atoms with E-state index in [0.717, 1.165) is 36.4 Å². The van der Waals surface area contributed by atoms with Gasteiger partial charge in [0.25, 0.3) is 0 Å². The molecule has 1 aromatic heterocycles. The van der Waals surface area contributed by atoms with Crippen molar-refractivity contribution in [1.29, 1.82) is 0 Å². The second kappa shape index (κ2) is 9.28. The third kappa shape index (κ3) is 5.85. The van der Waals surface area contributed by atoms with E-state index in [2.05, 4.69) is 33.9 Å². The number of nitrogens with zero attached hydrogens (tertiary/aromatic N) is 2. The molecule has 0 spiro atoms. The molecule has 0 N–H and O–H groups in total. The lowest BCUT2D eigenvalue weighted by Crippen LogP contribution is -2.26. The van der Waals surface area contributed by atoms with Gasteiger partial charge in [0.05, 0.1) is 11.0 Å². The predicted molar refractivity (Wildman–Crippen MR) is 113 cm³/mol. The normalized spacial score (nSPS) is 20.9. The second-order valence-corrected chi connectivity index (χ2v) is 11.4. The van der Waals surface area contributed by atoms with Gasteiger partial charge in [-0.2, -0.15) is 0 Å². The Morgan fingerprint density at radius 1 is 1.07 bits per heavy atom. The maximum Gasteiger partial charge on any atom is 0.152 e. The fraction of sp³-hybridized carbons (Fsp3) is 0.619. The monoisotopic (exact) mass is 406 g/mol. The maximum atomic E-state index is 12.1. The van der Waals surface area contributed by atoms with Crippen LogP contribution in [0.3, 0.4) is 0 Å². The average molecular weight is 407 g/mol. The van der Waals surface area contributed by atoms with Crippen LogP contribution in [-0.4, -0.2) is 29.0 Å². The molecule has 1 aliphatic rings. The first kappa shape index (κ1) is 20.5. The summed E-state index contributed by atoms with van der Waals surface area (Å²) in [6, 6.07) is 8.66. The summed E-state index contributed by atoms with van der Waals surface area (Å²) in [4.78, 5) is 0. The lowest BCUT2D eigenvalue weighted by molar-refractivity contribution is 0.274. The van der Waals surface area contributed by atoms with Crippen molar-refractivity contribution in [2.45, 2.75) is 64.0 Å². The van der Waals surface area contributed by atoms with Gasteiger partial charge in [-0.25, -0.2) is 8.42 Å². The highest BCUT2D eigenvalue weighted by molar-refractivity contribution is 7.91. The average Bonchev–Trinajstić information content (AvgIpc) is 3.18. The Morgan fingerprint density at radius 3 is 2.33 bits per heavy atom. The summed E-state index contributed by atoms with van der Waals surface area (Å²) in [5.41, 5.74) is 3.45. The van der Waals surface area contributed by atoms with Crippen LogP contribution in [0.1, 0.15) is 57.9 Å². The van der Waals surface area contributed by atoms with Gasteiger partial charge in [-0.05, 0) is 68.5 Å². The molecule has 0 unspecified atom stereocenters. The predicted octanol–water partition coefficient (Wildman–Crippen LogP) is 5.16. The molecule has 0 radical (unpaired) electrons. The van der Waals surface area contributed by atoms with Crippen molar-refractivity contribution in [2.24, 2.45) is 11.8 Å². The molecular formula is C21H30N2O2S2. The molecule has 6 heteroatoms. The Labute approximate surface area is 167 Å². The van der Waals surface area contributed by atoms with Gasteiger partial charge in [-0.1, -0.05) is 48.0 Å². The lowest BCUT2D eigenvalue weighted by atomic mass is 9.80. The van der Waals surface area contributed by atoms with Crippen molar-refractivity contribution in [3.05, 3.63) is 35.2 Å². The minimum absolute atomic E-state index is 0.242. The van der Waals surface area contributed by atoms with Crippen LogP contribution >= 0.6 is 11.5 Å². The molecule has 0 amide bonds. The van der Waals surface area contributed by atoms with Gasteiger partial charge in [0.1, 0.15) is 5.69 Å². The zero-order valence-electron chi connectivity index (χ0n) is 16.3. The first-order valence-electron chi connectivity index (χ1n) is 10.0. The van der Waals surface area contributed by atoms with Gasteiger partial charge in [-0.3, -0.25) is 0 Å². The summed E-state index contributed by atoms with van der Waals surface area (Å²) >= 11 is 1.38. The first-order chi connectivity index (χ1) is 12.9. The highest BCUT2D eigenvalue weighted by Gasteiger charge is 2.26. The van der Waals surface area contributed by atoms with E-state index >= 15 is 0 Å². The Kier molecular flexibility index (Phi) is 7.04. The number of hydrogen-bond acceptors (Lipinski definition) is 5. The largest absolute Gasteiger partial charge is 0.229 e. The third-order valence-electron chi connectivity index (χ3n) is 5.84. The van der Waals surface area contributed by atoms with Crippen LogP contribution in [0.2, 0.25) is 0 Å². The molecule has 1 aromatic carbocycles. The SMILES string of the molecule is CC(C)S(=O)(=O)CC1CCC(CCCc2ccc(-c3csnn3)cc2)CC1. The molecule has 0 bridgehead atoms. The van der Waals surface area contributed by atoms with Crippen LogP contribution in [0, 0.1) is 11.8 Å². The number of benzene rings is 1. The molecule has 27 heavy (non-hydrogen) atoms. The van der Waals surface area contributed by atoms with Crippen LogP contribution in [0.4, 0.5) is 0 Å². The number of sulfone groups is 1. The van der Waals surface area contributed by atoms with E-state index in [-0.39, 0.29) is 5.25 Å². The molecular weight excluding hydrogens is 376 g/mol. The lowest BCUT2D eigenvalue weighted by Gasteiger charge is -2.28. The maximum absolute atomic E-state index is 12.1. The Balaban J connectivity index is 1.38. The van der Waals surface area contributed by atoms with Gasteiger partial charge < -0.3 is 0 Å². The topological polar surface area (TPSA) is 59.9 Å². The minimum atomic E-state index is -2.90. The number of aromatic nitrogens is 2. The van der Waals surface area contributed by atoms with E-state index in [9.17, 15) is 8.42 Å². The van der Waals surface area contributed by atoms with Crippen molar-refractivity contribution in [3.63, 3.8) is 0 Å². The first-order valence-corrected chi connectivity index (χ1v) is 12.6. The fourth-order valence-corrected chi connectivity index (χ4v) is 5.78. The van der Waals surface area contributed by atoms with Crippen LogP contribution in [0.5, 0.6) is 0 Å². The van der Waals surface area contributed by atoms with Crippen LogP contribution < -0.4 is 0 Å². The highest BCUT2D eigenvalue weighted by atomic mass is 32.2. The van der Waals surface area contributed by atoms with Gasteiger partial charge in [0.15, 0.2) is 9.84 Å². The molecule has 0 aliphatic heterocycles. The van der Waals surface area contributed by atoms with Crippen molar-refractivity contribution in [1.82, 2.24) is 9.59 Å². The van der Waals surface area contributed by atoms with E-state index in [0.29, 0.717) is 11.7 Å². The quantitative estimate of drug-likeness (QED) is 0.608. The van der Waals surface area contributed by atoms with E-state index < -0.39 is 9.84 Å². The minimum Gasteiger partial charge on any atom is -0.229 e. The van der Waals surface area contributed by atoms with E-state index in [1.807, 2.05) is 5.38 Å². The summed E-state index contributed by atoms with van der Waals surface area (Å²) in [7, 11) is -2.90. The molecule has 1 aliphatic carbocycles. The summed E-state index contributed by atoms with van der Waals surface area (Å²) in [5, 5.41) is 5.84. The summed E-state index contributed by atoms with van der Waals surface area (Å²) in [6.07, 6.45) is 8.10. The van der Waals surface area contributed by atoms with E-state index in [4.69, 9.17) is 0 Å². The Morgan fingerprint density at radius 2 is 1.74 bits per heavy atom. The van der Waals surface area contributed by atoms with E-state index in [1.165, 1.54) is 42.8 Å². The van der Waals surface area contributed by atoms with Crippen molar-refractivity contribution < 1.29 is 8.42 Å². The van der Waals surface area contributed by atoms with Gasteiger partial charge in [-0.15, -0.1) is 5.10 Å². The highest BCUT2D eigenvalue weighted by Crippen LogP contribution is 2.33.